The molecule has 5 nitrogen and oxygen atoms in total. The third-order valence-electron chi connectivity index (χ3n) is 3.92. The highest BCUT2D eigenvalue weighted by molar-refractivity contribution is 5.97. The minimum absolute atomic E-state index is 0.0559. The van der Waals surface area contributed by atoms with E-state index in [4.69, 9.17) is 9.47 Å². The van der Waals surface area contributed by atoms with Crippen LogP contribution in [0.2, 0.25) is 0 Å². The number of hydrogen-bond acceptors (Lipinski definition) is 5. The van der Waals surface area contributed by atoms with Crippen molar-refractivity contribution in [3.05, 3.63) is 29.3 Å². The summed E-state index contributed by atoms with van der Waals surface area (Å²) < 4.78 is 10.6. The Morgan fingerprint density at radius 3 is 2.86 bits per heavy atom. The number of morpholine rings is 1. The van der Waals surface area contributed by atoms with E-state index in [-0.39, 0.29) is 18.2 Å². The van der Waals surface area contributed by atoms with Gasteiger partial charge >= 0.3 is 0 Å². The number of ketones is 2. The number of hydrogen-bond donors (Lipinski definition) is 0. The topological polar surface area (TPSA) is 55.8 Å². The molecule has 0 atom stereocenters. The van der Waals surface area contributed by atoms with Gasteiger partial charge in [-0.3, -0.25) is 14.5 Å². The molecule has 1 saturated heterocycles. The predicted octanol–water partition coefficient (Wildman–Crippen LogP) is 1.10. The average Bonchev–Trinajstić information content (AvgIpc) is 2.53. The Bertz CT molecular complexity index is 549. The van der Waals surface area contributed by atoms with E-state index < -0.39 is 0 Å². The summed E-state index contributed by atoms with van der Waals surface area (Å²) in [6.45, 7) is 4.16. The van der Waals surface area contributed by atoms with Crippen LogP contribution in [0.4, 0.5) is 0 Å². The third-order valence-corrected chi connectivity index (χ3v) is 3.92. The molecule has 1 aromatic rings. The Morgan fingerprint density at radius 1 is 1.24 bits per heavy atom. The number of rotatable bonds is 4. The summed E-state index contributed by atoms with van der Waals surface area (Å²) in [4.78, 5) is 25.9. The highest BCUT2D eigenvalue weighted by Crippen LogP contribution is 2.25. The van der Waals surface area contributed by atoms with Gasteiger partial charge in [-0.2, -0.15) is 0 Å². The van der Waals surface area contributed by atoms with Crippen molar-refractivity contribution in [3.63, 3.8) is 0 Å². The normalized spacial score (nSPS) is 19.0. The van der Waals surface area contributed by atoms with Crippen molar-refractivity contribution in [2.24, 2.45) is 0 Å². The van der Waals surface area contributed by atoms with Crippen LogP contribution >= 0.6 is 0 Å². The van der Waals surface area contributed by atoms with Crippen LogP contribution in [0.15, 0.2) is 18.2 Å². The van der Waals surface area contributed by atoms with Crippen LogP contribution in [0.25, 0.3) is 0 Å². The van der Waals surface area contributed by atoms with Gasteiger partial charge in [-0.1, -0.05) is 0 Å². The fourth-order valence-corrected chi connectivity index (χ4v) is 2.68. The third kappa shape index (κ3) is 3.49. The maximum atomic E-state index is 12.3. The van der Waals surface area contributed by atoms with Crippen molar-refractivity contribution in [1.29, 1.82) is 0 Å². The minimum atomic E-state index is 0.0559. The average molecular weight is 289 g/mol. The van der Waals surface area contributed by atoms with Crippen LogP contribution in [0, 0.1) is 0 Å². The molecule has 0 bridgehead atoms. The van der Waals surface area contributed by atoms with E-state index in [1.54, 1.807) is 18.2 Å². The summed E-state index contributed by atoms with van der Waals surface area (Å²) >= 11 is 0. The zero-order valence-electron chi connectivity index (χ0n) is 12.0. The number of carbonyl (C=O) groups excluding carboxylic acids is 2. The molecule has 1 fully saturated rings. The van der Waals surface area contributed by atoms with Gasteiger partial charge in [0.05, 0.1) is 13.2 Å². The van der Waals surface area contributed by atoms with Gasteiger partial charge in [-0.05, 0) is 18.2 Å². The van der Waals surface area contributed by atoms with E-state index in [1.807, 2.05) is 0 Å². The summed E-state index contributed by atoms with van der Waals surface area (Å²) in [6.07, 6.45) is 0.855. The largest absolute Gasteiger partial charge is 0.486 e. The molecule has 0 aromatic heterocycles. The molecule has 0 aliphatic carbocycles. The molecule has 0 unspecified atom stereocenters. The fraction of sp³-hybridized carbons (Fsp3) is 0.500. The Labute approximate surface area is 123 Å². The first-order chi connectivity index (χ1) is 10.2. The highest BCUT2D eigenvalue weighted by Gasteiger charge is 2.19. The first-order valence-corrected chi connectivity index (χ1v) is 7.33. The number of benzene rings is 1. The molecule has 0 N–H and O–H groups in total. The molecule has 0 amide bonds. The Hall–Kier alpha value is -1.72. The van der Waals surface area contributed by atoms with Crippen LogP contribution in [0.5, 0.6) is 5.75 Å². The smallest absolute Gasteiger partial charge is 0.174 e. The fourth-order valence-electron chi connectivity index (χ4n) is 2.68. The van der Waals surface area contributed by atoms with Crippen molar-refractivity contribution in [1.82, 2.24) is 4.90 Å². The maximum absolute atomic E-state index is 12.3. The summed E-state index contributed by atoms with van der Waals surface area (Å²) in [5.74, 6) is 0.891. The molecule has 2 aliphatic rings. The molecule has 0 saturated carbocycles. The second kappa shape index (κ2) is 6.37. The predicted molar refractivity (Wildman–Crippen MR) is 76.9 cm³/mol. The van der Waals surface area contributed by atoms with Crippen molar-refractivity contribution in [2.45, 2.75) is 12.8 Å². The molecule has 1 aromatic carbocycles. The van der Waals surface area contributed by atoms with Crippen molar-refractivity contribution < 1.29 is 19.1 Å². The van der Waals surface area contributed by atoms with Gasteiger partial charge < -0.3 is 9.47 Å². The van der Waals surface area contributed by atoms with E-state index in [0.29, 0.717) is 18.4 Å². The Morgan fingerprint density at radius 2 is 2.05 bits per heavy atom. The Balaban J connectivity index is 1.61. The number of ether oxygens (including phenoxy) is 2. The van der Waals surface area contributed by atoms with E-state index >= 15 is 0 Å². The standard InChI is InChI=1S/C16H19NO4/c18-14-10-13-9-12(1-2-16(13)21-11-14)15(19)3-4-17-5-7-20-8-6-17/h1-2,9H,3-8,10-11H2. The lowest BCUT2D eigenvalue weighted by Gasteiger charge is -2.26. The maximum Gasteiger partial charge on any atom is 0.174 e. The van der Waals surface area contributed by atoms with Gasteiger partial charge in [-0.25, -0.2) is 0 Å². The quantitative estimate of drug-likeness (QED) is 0.777. The van der Waals surface area contributed by atoms with Gasteiger partial charge in [-0.15, -0.1) is 0 Å². The number of Topliss-reactive ketones (excluding diaryl/α,β-unsaturated/α-hetero) is 2. The van der Waals surface area contributed by atoms with E-state index in [9.17, 15) is 9.59 Å². The lowest BCUT2D eigenvalue weighted by atomic mass is 9.99. The van der Waals surface area contributed by atoms with Gasteiger partial charge in [0.2, 0.25) is 0 Å². The molecule has 21 heavy (non-hydrogen) atoms. The molecule has 0 spiro atoms. The zero-order valence-corrected chi connectivity index (χ0v) is 12.0. The first kappa shape index (κ1) is 14.2. The number of fused-ring (bicyclic) bond motifs is 1. The summed E-state index contributed by atoms with van der Waals surface area (Å²) in [7, 11) is 0. The number of nitrogens with zero attached hydrogens (tertiary/aromatic N) is 1. The van der Waals surface area contributed by atoms with E-state index in [1.165, 1.54) is 0 Å². The molecule has 2 heterocycles. The second-order valence-corrected chi connectivity index (χ2v) is 5.45. The summed E-state index contributed by atoms with van der Waals surface area (Å²) in [6, 6.07) is 5.38. The lowest BCUT2D eigenvalue weighted by molar-refractivity contribution is -0.121. The molecule has 0 radical (unpaired) electrons. The van der Waals surface area contributed by atoms with Crippen LogP contribution in [-0.2, 0) is 16.0 Å². The second-order valence-electron chi connectivity index (χ2n) is 5.45. The highest BCUT2D eigenvalue weighted by atomic mass is 16.5. The van der Waals surface area contributed by atoms with Crippen LogP contribution in [0.1, 0.15) is 22.3 Å². The SMILES string of the molecule is O=C1COc2ccc(C(=O)CCN3CCOCC3)cc2C1. The summed E-state index contributed by atoms with van der Waals surface area (Å²) in [5, 5.41) is 0. The van der Waals surface area contributed by atoms with Crippen LogP contribution in [-0.4, -0.2) is 55.9 Å². The molecule has 3 rings (SSSR count). The van der Waals surface area contributed by atoms with E-state index in [0.717, 1.165) is 44.2 Å². The molecule has 2 aliphatic heterocycles. The number of carbonyl (C=O) groups is 2. The minimum Gasteiger partial charge on any atom is -0.486 e. The zero-order chi connectivity index (χ0) is 14.7. The van der Waals surface area contributed by atoms with Crippen molar-refractivity contribution in [2.75, 3.05) is 39.5 Å². The van der Waals surface area contributed by atoms with Gasteiger partial charge in [0.25, 0.3) is 0 Å². The molecular formula is C16H19NO4. The Kier molecular flexibility index (Phi) is 4.31. The monoisotopic (exact) mass is 289 g/mol. The van der Waals surface area contributed by atoms with Gasteiger partial charge in [0, 0.05) is 43.6 Å². The first-order valence-electron chi connectivity index (χ1n) is 7.33. The van der Waals surface area contributed by atoms with Gasteiger partial charge in [0.15, 0.2) is 11.6 Å². The van der Waals surface area contributed by atoms with Crippen LogP contribution < -0.4 is 4.74 Å². The lowest BCUT2D eigenvalue weighted by Crippen LogP contribution is -2.37. The van der Waals surface area contributed by atoms with Gasteiger partial charge in [0.1, 0.15) is 12.4 Å². The molecular weight excluding hydrogens is 270 g/mol. The van der Waals surface area contributed by atoms with Crippen molar-refractivity contribution >= 4 is 11.6 Å². The molecule has 112 valence electrons. The summed E-state index contributed by atoms with van der Waals surface area (Å²) in [5.41, 5.74) is 1.49. The van der Waals surface area contributed by atoms with Crippen molar-refractivity contribution in [3.8, 4) is 5.75 Å². The van der Waals surface area contributed by atoms with E-state index in [2.05, 4.69) is 4.90 Å². The van der Waals surface area contributed by atoms with Crippen LogP contribution in [0.3, 0.4) is 0 Å². The molecule has 5 heteroatoms.